The first kappa shape index (κ1) is 11.4. The number of nitro groups is 1. The van der Waals surface area contributed by atoms with Crippen LogP contribution in [0.2, 0.25) is 0 Å². The first-order valence-electron chi connectivity index (χ1n) is 4.57. The van der Waals surface area contributed by atoms with Crippen molar-refractivity contribution in [2.45, 2.75) is 11.4 Å². The van der Waals surface area contributed by atoms with Crippen LogP contribution in [0, 0.1) is 10.1 Å². The summed E-state index contributed by atoms with van der Waals surface area (Å²) in [6, 6.07) is 0. The van der Waals surface area contributed by atoms with E-state index < -0.39 is 4.92 Å². The monoisotopic (exact) mass is 259 g/mol. The average Bonchev–Trinajstić information content (AvgIpc) is 2.76. The smallest absolute Gasteiger partial charge is 0.362 e. The SMILES string of the molecule is O=[N+]([O-])c1c(SCCCO)nc2sccn12. The van der Waals surface area contributed by atoms with E-state index in [0.717, 1.165) is 0 Å². The van der Waals surface area contributed by atoms with Crippen molar-refractivity contribution in [1.29, 1.82) is 0 Å². The molecule has 0 spiro atoms. The van der Waals surface area contributed by atoms with Gasteiger partial charge in [0.25, 0.3) is 4.96 Å². The molecule has 6 nitrogen and oxygen atoms in total. The number of fused-ring (bicyclic) bond motifs is 1. The molecule has 2 aromatic rings. The van der Waals surface area contributed by atoms with Crippen LogP contribution in [0.25, 0.3) is 4.96 Å². The fourth-order valence-corrected chi connectivity index (χ4v) is 2.94. The summed E-state index contributed by atoms with van der Waals surface area (Å²) in [5, 5.41) is 21.7. The Labute approximate surface area is 99.1 Å². The standard InChI is InChI=1S/C8H9N3O3S2/c12-3-1-4-15-6-7(11(13)14)10-2-5-16-8(10)9-6/h2,5,12H,1,3-4H2. The summed E-state index contributed by atoms with van der Waals surface area (Å²) in [4.78, 5) is 15.3. The third-order valence-corrected chi connectivity index (χ3v) is 3.72. The molecule has 0 aliphatic heterocycles. The summed E-state index contributed by atoms with van der Waals surface area (Å²) in [6.07, 6.45) is 2.24. The quantitative estimate of drug-likeness (QED) is 0.383. The highest BCUT2D eigenvalue weighted by molar-refractivity contribution is 7.99. The normalized spacial score (nSPS) is 11.1. The maximum atomic E-state index is 10.9. The van der Waals surface area contributed by atoms with Crippen LogP contribution in [-0.4, -0.2) is 31.8 Å². The molecule has 0 aliphatic carbocycles. The zero-order valence-corrected chi connectivity index (χ0v) is 9.83. The van der Waals surface area contributed by atoms with Crippen molar-refractivity contribution in [2.24, 2.45) is 0 Å². The molecule has 0 unspecified atom stereocenters. The Bertz CT molecular complexity index is 508. The maximum absolute atomic E-state index is 10.9. The molecule has 2 aromatic heterocycles. The summed E-state index contributed by atoms with van der Waals surface area (Å²) in [7, 11) is 0. The molecule has 0 amide bonds. The van der Waals surface area contributed by atoms with Gasteiger partial charge in [0.2, 0.25) is 0 Å². The number of imidazole rings is 1. The summed E-state index contributed by atoms with van der Waals surface area (Å²) in [5.74, 6) is 0.640. The molecule has 0 fully saturated rings. The van der Waals surface area contributed by atoms with Gasteiger partial charge in [-0.3, -0.25) is 0 Å². The second-order valence-corrected chi connectivity index (χ2v) is 4.94. The van der Waals surface area contributed by atoms with E-state index in [1.807, 2.05) is 0 Å². The number of aromatic nitrogens is 2. The Morgan fingerprint density at radius 1 is 1.69 bits per heavy atom. The molecule has 2 heterocycles. The Hall–Kier alpha value is -1.12. The Morgan fingerprint density at radius 3 is 3.19 bits per heavy atom. The molecule has 1 N–H and O–H groups in total. The number of aliphatic hydroxyl groups is 1. The highest BCUT2D eigenvalue weighted by atomic mass is 32.2. The number of hydrogen-bond acceptors (Lipinski definition) is 6. The van der Waals surface area contributed by atoms with Crippen LogP contribution in [0.1, 0.15) is 6.42 Å². The Balaban J connectivity index is 2.32. The lowest BCUT2D eigenvalue weighted by Crippen LogP contribution is -1.94. The minimum absolute atomic E-state index is 0.0131. The molecule has 86 valence electrons. The van der Waals surface area contributed by atoms with Crippen LogP contribution in [-0.2, 0) is 0 Å². The van der Waals surface area contributed by atoms with E-state index in [1.165, 1.54) is 27.5 Å². The van der Waals surface area contributed by atoms with Gasteiger partial charge in [0.15, 0.2) is 5.03 Å². The molecule has 0 saturated heterocycles. The number of nitrogens with zero attached hydrogens (tertiary/aromatic N) is 3. The lowest BCUT2D eigenvalue weighted by atomic mass is 10.5. The van der Waals surface area contributed by atoms with Crippen molar-refractivity contribution in [3.05, 3.63) is 21.7 Å². The van der Waals surface area contributed by atoms with Crippen molar-refractivity contribution in [3.63, 3.8) is 0 Å². The molecule has 16 heavy (non-hydrogen) atoms. The Kier molecular flexibility index (Phi) is 3.42. The van der Waals surface area contributed by atoms with Gasteiger partial charge in [0.1, 0.15) is 6.20 Å². The third kappa shape index (κ3) is 2.04. The predicted octanol–water partition coefficient (Wildman–Crippen LogP) is 1.78. The minimum Gasteiger partial charge on any atom is -0.396 e. The van der Waals surface area contributed by atoms with Gasteiger partial charge in [-0.15, -0.1) is 0 Å². The van der Waals surface area contributed by atoms with E-state index in [0.29, 0.717) is 22.2 Å². The van der Waals surface area contributed by atoms with Crippen LogP contribution in [0.5, 0.6) is 0 Å². The second-order valence-electron chi connectivity index (χ2n) is 2.98. The predicted molar refractivity (Wildman–Crippen MR) is 62.2 cm³/mol. The lowest BCUT2D eigenvalue weighted by Gasteiger charge is -1.96. The van der Waals surface area contributed by atoms with E-state index in [-0.39, 0.29) is 12.4 Å². The van der Waals surface area contributed by atoms with Crippen molar-refractivity contribution in [2.75, 3.05) is 12.4 Å². The van der Waals surface area contributed by atoms with E-state index in [9.17, 15) is 10.1 Å². The first-order valence-corrected chi connectivity index (χ1v) is 6.44. The number of aliphatic hydroxyl groups excluding tert-OH is 1. The number of thioether (sulfide) groups is 1. The molecule has 0 saturated carbocycles. The molecular formula is C8H9N3O3S2. The fraction of sp³-hybridized carbons (Fsp3) is 0.375. The highest BCUT2D eigenvalue weighted by Gasteiger charge is 2.23. The van der Waals surface area contributed by atoms with Crippen molar-refractivity contribution < 1.29 is 10.0 Å². The third-order valence-electron chi connectivity index (χ3n) is 1.92. The van der Waals surface area contributed by atoms with Gasteiger partial charge in [-0.05, 0) is 11.3 Å². The summed E-state index contributed by atoms with van der Waals surface area (Å²) < 4.78 is 1.48. The number of rotatable bonds is 5. The number of hydrogen-bond donors (Lipinski definition) is 1. The first-order chi connectivity index (χ1) is 7.74. The van der Waals surface area contributed by atoms with Crippen molar-refractivity contribution in [1.82, 2.24) is 9.38 Å². The number of thiazole rings is 1. The van der Waals surface area contributed by atoms with Crippen LogP contribution >= 0.6 is 23.1 Å². The van der Waals surface area contributed by atoms with Gasteiger partial charge in [-0.2, -0.15) is 9.38 Å². The van der Waals surface area contributed by atoms with Crippen molar-refractivity contribution >= 4 is 33.9 Å². The van der Waals surface area contributed by atoms with Gasteiger partial charge < -0.3 is 15.2 Å². The van der Waals surface area contributed by atoms with E-state index >= 15 is 0 Å². The fourth-order valence-electron chi connectivity index (χ4n) is 1.25. The largest absolute Gasteiger partial charge is 0.396 e. The molecule has 2 rings (SSSR count). The van der Waals surface area contributed by atoms with Gasteiger partial charge in [0.05, 0.1) is 0 Å². The zero-order chi connectivity index (χ0) is 11.5. The van der Waals surface area contributed by atoms with E-state index in [2.05, 4.69) is 4.98 Å². The average molecular weight is 259 g/mol. The molecule has 0 atom stereocenters. The highest BCUT2D eigenvalue weighted by Crippen LogP contribution is 2.31. The maximum Gasteiger partial charge on any atom is 0.362 e. The van der Waals surface area contributed by atoms with Crippen LogP contribution in [0.4, 0.5) is 5.82 Å². The van der Waals surface area contributed by atoms with Crippen LogP contribution in [0.15, 0.2) is 16.6 Å². The molecule has 0 aliphatic rings. The van der Waals surface area contributed by atoms with Gasteiger partial charge in [0, 0.05) is 17.7 Å². The van der Waals surface area contributed by atoms with Crippen LogP contribution < -0.4 is 0 Å². The van der Waals surface area contributed by atoms with E-state index in [4.69, 9.17) is 5.11 Å². The summed E-state index contributed by atoms with van der Waals surface area (Å²) >= 11 is 2.67. The molecule has 0 aromatic carbocycles. The molecule has 0 bridgehead atoms. The molecule has 0 radical (unpaired) electrons. The van der Waals surface area contributed by atoms with E-state index in [1.54, 1.807) is 11.6 Å². The Morgan fingerprint density at radius 2 is 2.50 bits per heavy atom. The zero-order valence-electron chi connectivity index (χ0n) is 8.20. The molecule has 8 heteroatoms. The topological polar surface area (TPSA) is 80.7 Å². The minimum atomic E-state index is -0.423. The summed E-state index contributed by atoms with van der Waals surface area (Å²) in [5.41, 5.74) is 0. The second kappa shape index (κ2) is 4.81. The van der Waals surface area contributed by atoms with Crippen LogP contribution in [0.3, 0.4) is 0 Å². The molecular weight excluding hydrogens is 250 g/mol. The lowest BCUT2D eigenvalue weighted by molar-refractivity contribution is -0.393. The van der Waals surface area contributed by atoms with Gasteiger partial charge >= 0.3 is 5.82 Å². The van der Waals surface area contributed by atoms with Crippen molar-refractivity contribution in [3.8, 4) is 0 Å². The van der Waals surface area contributed by atoms with Gasteiger partial charge in [-0.25, -0.2) is 0 Å². The van der Waals surface area contributed by atoms with Gasteiger partial charge in [-0.1, -0.05) is 23.1 Å². The summed E-state index contributed by atoms with van der Waals surface area (Å²) in [6.45, 7) is 0.0863.